The van der Waals surface area contributed by atoms with E-state index in [4.69, 9.17) is 11.6 Å². The Labute approximate surface area is 149 Å². The Hall–Kier alpha value is -2.09. The second-order valence-electron chi connectivity index (χ2n) is 5.01. The Morgan fingerprint density at radius 2 is 1.88 bits per heavy atom. The number of rotatable bonds is 5. The number of nitrogens with one attached hydrogen (secondary N) is 2. The van der Waals surface area contributed by atoms with Crippen molar-refractivity contribution in [3.8, 4) is 0 Å². The maximum absolute atomic E-state index is 12.3. The molecule has 3 aromatic rings. The summed E-state index contributed by atoms with van der Waals surface area (Å²) in [5.41, 5.74) is 1.46. The Bertz CT molecular complexity index is 953. The maximum atomic E-state index is 12.3. The van der Waals surface area contributed by atoms with E-state index < -0.39 is 10.0 Å². The molecule has 8 heteroatoms. The van der Waals surface area contributed by atoms with Crippen molar-refractivity contribution in [2.75, 3.05) is 10.0 Å². The van der Waals surface area contributed by atoms with Crippen LogP contribution in [0.4, 0.5) is 17.2 Å². The van der Waals surface area contributed by atoms with Gasteiger partial charge in [0.1, 0.15) is 10.0 Å². The molecule has 0 atom stereocenters. The van der Waals surface area contributed by atoms with Crippen LogP contribution in [0.25, 0.3) is 0 Å². The Balaban J connectivity index is 1.74. The molecule has 0 amide bonds. The third-order valence-corrected chi connectivity index (χ3v) is 6.31. The number of halogens is 1. The monoisotopic (exact) mass is 379 g/mol. The van der Waals surface area contributed by atoms with Crippen LogP contribution in [0.2, 0.25) is 5.02 Å². The number of anilines is 3. The number of nitrogens with zero attached hydrogens (tertiary/aromatic N) is 1. The van der Waals surface area contributed by atoms with Crippen LogP contribution in [-0.2, 0) is 10.0 Å². The molecule has 0 fully saturated rings. The number of hydrogen-bond acceptors (Lipinski definition) is 5. The SMILES string of the molecule is Cc1ccc(S(=O)(=O)Nc2ccc(Nc3ccccc3Cl)cn2)s1. The molecule has 0 spiro atoms. The summed E-state index contributed by atoms with van der Waals surface area (Å²) in [5, 5.41) is 3.72. The summed E-state index contributed by atoms with van der Waals surface area (Å²) >= 11 is 7.30. The van der Waals surface area contributed by atoms with Crippen LogP contribution < -0.4 is 10.0 Å². The fourth-order valence-corrected chi connectivity index (χ4v) is 4.47. The van der Waals surface area contributed by atoms with E-state index in [1.165, 1.54) is 11.3 Å². The van der Waals surface area contributed by atoms with Crippen molar-refractivity contribution >= 4 is 50.2 Å². The van der Waals surface area contributed by atoms with Crippen molar-refractivity contribution in [3.63, 3.8) is 0 Å². The fraction of sp³-hybridized carbons (Fsp3) is 0.0625. The normalized spacial score (nSPS) is 11.2. The lowest BCUT2D eigenvalue weighted by molar-refractivity contribution is 0.603. The minimum atomic E-state index is -3.61. The number of sulfonamides is 1. The van der Waals surface area contributed by atoms with Crippen molar-refractivity contribution < 1.29 is 8.42 Å². The first-order valence-electron chi connectivity index (χ1n) is 7.01. The van der Waals surface area contributed by atoms with E-state index in [1.807, 2.05) is 25.1 Å². The number of aryl methyl sites for hydroxylation is 1. The van der Waals surface area contributed by atoms with Crippen molar-refractivity contribution in [3.05, 3.63) is 64.6 Å². The molecular formula is C16H14ClN3O2S2. The molecule has 0 aliphatic rings. The predicted molar refractivity (Wildman–Crippen MR) is 98.8 cm³/mol. The lowest BCUT2D eigenvalue weighted by atomic mass is 10.3. The molecule has 2 aromatic heterocycles. The van der Waals surface area contributed by atoms with Gasteiger partial charge in [-0.1, -0.05) is 23.7 Å². The van der Waals surface area contributed by atoms with E-state index in [0.717, 1.165) is 10.6 Å². The van der Waals surface area contributed by atoms with Gasteiger partial charge in [-0.15, -0.1) is 11.3 Å². The molecule has 2 heterocycles. The zero-order chi connectivity index (χ0) is 17.2. The predicted octanol–water partition coefficient (Wildman–Crippen LogP) is 4.65. The molecule has 0 bridgehead atoms. The van der Waals surface area contributed by atoms with Gasteiger partial charge in [-0.05, 0) is 43.3 Å². The summed E-state index contributed by atoms with van der Waals surface area (Å²) in [5.74, 6) is 0.255. The maximum Gasteiger partial charge on any atom is 0.272 e. The van der Waals surface area contributed by atoms with Gasteiger partial charge in [0.2, 0.25) is 0 Å². The minimum Gasteiger partial charge on any atom is -0.353 e. The van der Waals surface area contributed by atoms with Gasteiger partial charge < -0.3 is 5.32 Å². The van der Waals surface area contributed by atoms with Gasteiger partial charge in [0.15, 0.2) is 0 Å². The largest absolute Gasteiger partial charge is 0.353 e. The highest BCUT2D eigenvalue weighted by molar-refractivity contribution is 7.94. The van der Waals surface area contributed by atoms with Gasteiger partial charge >= 0.3 is 0 Å². The third kappa shape index (κ3) is 3.87. The van der Waals surface area contributed by atoms with Gasteiger partial charge in [-0.3, -0.25) is 4.72 Å². The summed E-state index contributed by atoms with van der Waals surface area (Å²) in [6.07, 6.45) is 1.54. The summed E-state index contributed by atoms with van der Waals surface area (Å²) in [6.45, 7) is 1.86. The number of pyridine rings is 1. The van der Waals surface area contributed by atoms with Gasteiger partial charge in [-0.25, -0.2) is 13.4 Å². The molecule has 0 radical (unpaired) electrons. The first-order chi connectivity index (χ1) is 11.4. The van der Waals surface area contributed by atoms with Crippen LogP contribution in [0.5, 0.6) is 0 Å². The van der Waals surface area contributed by atoms with E-state index in [9.17, 15) is 8.42 Å². The van der Waals surface area contributed by atoms with Gasteiger partial charge in [-0.2, -0.15) is 0 Å². The van der Waals surface area contributed by atoms with Gasteiger partial charge in [0.05, 0.1) is 22.6 Å². The van der Waals surface area contributed by atoms with E-state index in [1.54, 1.807) is 36.5 Å². The number of benzene rings is 1. The second kappa shape index (κ2) is 6.80. The Morgan fingerprint density at radius 3 is 2.50 bits per heavy atom. The Morgan fingerprint density at radius 1 is 1.08 bits per heavy atom. The summed E-state index contributed by atoms with van der Waals surface area (Å²) in [4.78, 5) is 5.06. The Kier molecular flexibility index (Phi) is 4.75. The highest BCUT2D eigenvalue weighted by Gasteiger charge is 2.16. The summed E-state index contributed by atoms with van der Waals surface area (Å²) in [7, 11) is -3.61. The molecule has 0 saturated heterocycles. The standard InChI is InChI=1S/C16H14ClN3O2S2/c1-11-6-9-16(23-11)24(21,22)20-15-8-7-12(10-18-15)19-14-5-3-2-4-13(14)17/h2-10,19H,1H3,(H,18,20). The molecule has 5 nitrogen and oxygen atoms in total. The van der Waals surface area contributed by atoms with E-state index in [2.05, 4.69) is 15.0 Å². The topological polar surface area (TPSA) is 71.1 Å². The average Bonchev–Trinajstić information content (AvgIpc) is 2.99. The van der Waals surface area contributed by atoms with Crippen LogP contribution in [0.15, 0.2) is 58.9 Å². The molecule has 2 N–H and O–H groups in total. The molecular weight excluding hydrogens is 366 g/mol. The van der Waals surface area contributed by atoms with Crippen LogP contribution in [0, 0.1) is 6.92 Å². The van der Waals surface area contributed by atoms with Gasteiger partial charge in [0, 0.05) is 4.88 Å². The molecule has 24 heavy (non-hydrogen) atoms. The number of aromatic nitrogens is 1. The van der Waals surface area contributed by atoms with E-state index >= 15 is 0 Å². The van der Waals surface area contributed by atoms with Crippen molar-refractivity contribution in [1.29, 1.82) is 0 Å². The molecule has 0 aliphatic carbocycles. The molecule has 0 unspecified atom stereocenters. The second-order valence-corrected chi connectivity index (χ2v) is 8.61. The van der Waals surface area contributed by atoms with Crippen LogP contribution in [0.1, 0.15) is 4.88 Å². The number of hydrogen-bond donors (Lipinski definition) is 2. The summed E-state index contributed by atoms with van der Waals surface area (Å²) < 4.78 is 27.3. The zero-order valence-electron chi connectivity index (χ0n) is 12.7. The lowest BCUT2D eigenvalue weighted by Crippen LogP contribution is -2.12. The minimum absolute atomic E-state index is 0.255. The smallest absolute Gasteiger partial charge is 0.272 e. The van der Waals surface area contributed by atoms with Crippen LogP contribution in [0.3, 0.4) is 0 Å². The third-order valence-electron chi connectivity index (χ3n) is 3.14. The first-order valence-corrected chi connectivity index (χ1v) is 9.69. The molecule has 3 rings (SSSR count). The first kappa shape index (κ1) is 16.8. The van der Waals surface area contributed by atoms with E-state index in [0.29, 0.717) is 10.7 Å². The van der Waals surface area contributed by atoms with Crippen LogP contribution in [-0.4, -0.2) is 13.4 Å². The van der Waals surface area contributed by atoms with Crippen molar-refractivity contribution in [2.45, 2.75) is 11.1 Å². The molecule has 0 aliphatic heterocycles. The molecule has 124 valence electrons. The average molecular weight is 380 g/mol. The van der Waals surface area contributed by atoms with Crippen molar-refractivity contribution in [1.82, 2.24) is 4.98 Å². The highest BCUT2D eigenvalue weighted by Crippen LogP contribution is 2.26. The van der Waals surface area contributed by atoms with Gasteiger partial charge in [0.25, 0.3) is 10.0 Å². The van der Waals surface area contributed by atoms with Crippen LogP contribution >= 0.6 is 22.9 Å². The molecule has 0 saturated carbocycles. The summed E-state index contributed by atoms with van der Waals surface area (Å²) in [6, 6.07) is 14.0. The fourth-order valence-electron chi connectivity index (χ4n) is 1.99. The highest BCUT2D eigenvalue weighted by atomic mass is 35.5. The van der Waals surface area contributed by atoms with E-state index in [-0.39, 0.29) is 10.0 Å². The van der Waals surface area contributed by atoms with Crippen molar-refractivity contribution in [2.24, 2.45) is 0 Å². The lowest BCUT2D eigenvalue weighted by Gasteiger charge is -2.09. The zero-order valence-corrected chi connectivity index (χ0v) is 15.0. The quantitative estimate of drug-likeness (QED) is 0.676. The molecule has 1 aromatic carbocycles. The number of para-hydroxylation sites is 1. The number of thiophene rings is 1.